The summed E-state index contributed by atoms with van der Waals surface area (Å²) >= 11 is 0. The van der Waals surface area contributed by atoms with Crippen LogP contribution in [0.2, 0.25) is 0 Å². The molecule has 1 rings (SSSR count). The molecule has 13 heavy (non-hydrogen) atoms. The highest BCUT2D eigenvalue weighted by Crippen LogP contribution is 2.31. The van der Waals surface area contributed by atoms with Crippen LogP contribution in [0.25, 0.3) is 0 Å². The summed E-state index contributed by atoms with van der Waals surface area (Å²) in [4.78, 5) is 10.5. The Morgan fingerprint density at radius 2 is 2.38 bits per heavy atom. The van der Waals surface area contributed by atoms with Gasteiger partial charge in [-0.25, -0.2) is 0 Å². The van der Waals surface area contributed by atoms with Crippen molar-refractivity contribution in [3.05, 3.63) is 0 Å². The van der Waals surface area contributed by atoms with E-state index in [0.29, 0.717) is 6.42 Å². The fourth-order valence-corrected chi connectivity index (χ4v) is 1.63. The molecule has 1 fully saturated rings. The lowest BCUT2D eigenvalue weighted by Gasteiger charge is -2.20. The number of ether oxygens (including phenoxy) is 1. The second-order valence-electron chi connectivity index (χ2n) is 4.22. The van der Waals surface area contributed by atoms with E-state index in [-0.39, 0.29) is 11.7 Å². The number of carboxylic acid groups (broad SMARTS) is 1. The third-order valence-electron chi connectivity index (χ3n) is 2.39. The molecule has 0 radical (unpaired) electrons. The third-order valence-corrected chi connectivity index (χ3v) is 2.39. The van der Waals surface area contributed by atoms with Crippen LogP contribution in [0.5, 0.6) is 0 Å². The lowest BCUT2D eigenvalue weighted by Crippen LogP contribution is -2.34. The van der Waals surface area contributed by atoms with E-state index in [0.717, 1.165) is 12.8 Å². The minimum atomic E-state index is -0.951. The Labute approximate surface area is 78.1 Å². The van der Waals surface area contributed by atoms with Gasteiger partial charge in [-0.1, -0.05) is 0 Å². The Morgan fingerprint density at radius 1 is 1.77 bits per heavy atom. The molecule has 1 aliphatic rings. The lowest BCUT2D eigenvalue weighted by atomic mass is 10.0. The molecule has 0 amide bonds. The summed E-state index contributed by atoms with van der Waals surface area (Å²) in [6, 6.07) is -0.793. The van der Waals surface area contributed by atoms with Gasteiger partial charge in [0, 0.05) is 0 Å². The average molecular weight is 187 g/mol. The van der Waals surface area contributed by atoms with Crippen LogP contribution in [0.3, 0.4) is 0 Å². The molecule has 4 nitrogen and oxygen atoms in total. The average Bonchev–Trinajstić information content (AvgIpc) is 2.30. The summed E-state index contributed by atoms with van der Waals surface area (Å²) in [7, 11) is 0. The Hall–Kier alpha value is -0.610. The molecule has 2 atom stereocenters. The molecule has 0 spiro atoms. The normalized spacial score (nSPS) is 28.7. The Kier molecular flexibility index (Phi) is 2.93. The fourth-order valence-electron chi connectivity index (χ4n) is 1.63. The number of rotatable bonds is 3. The predicted molar refractivity (Wildman–Crippen MR) is 48.4 cm³/mol. The molecule has 0 aromatic rings. The monoisotopic (exact) mass is 187 g/mol. The molecule has 0 aromatic heterocycles. The molecule has 1 unspecified atom stereocenters. The smallest absolute Gasteiger partial charge is 0.320 e. The molecule has 4 heteroatoms. The topological polar surface area (TPSA) is 72.6 Å². The van der Waals surface area contributed by atoms with Crippen LogP contribution >= 0.6 is 0 Å². The maximum atomic E-state index is 10.5. The number of nitrogens with two attached hydrogens (primary N) is 1. The standard InChI is InChI=1S/C9H17NO3/c1-9(2)4-3-6(13-9)5-7(10)8(11)12/h6-7H,3-5,10H2,1-2H3,(H,11,12)/t6?,7-/m1/s1. The second kappa shape index (κ2) is 3.64. The first-order valence-electron chi connectivity index (χ1n) is 4.57. The summed E-state index contributed by atoms with van der Waals surface area (Å²) in [6.45, 7) is 4.03. The Morgan fingerprint density at radius 3 is 2.77 bits per heavy atom. The summed E-state index contributed by atoms with van der Waals surface area (Å²) in [5.74, 6) is -0.951. The van der Waals surface area contributed by atoms with Crippen molar-refractivity contribution < 1.29 is 14.6 Å². The van der Waals surface area contributed by atoms with Gasteiger partial charge in [0.1, 0.15) is 6.04 Å². The lowest BCUT2D eigenvalue weighted by molar-refractivity contribution is -0.139. The minimum absolute atomic E-state index is 0.0149. The molecule has 0 aromatic carbocycles. The summed E-state index contributed by atoms with van der Waals surface area (Å²) in [5, 5.41) is 8.59. The van der Waals surface area contributed by atoms with Crippen molar-refractivity contribution in [2.24, 2.45) is 5.73 Å². The van der Waals surface area contributed by atoms with Gasteiger partial charge in [0.15, 0.2) is 0 Å². The van der Waals surface area contributed by atoms with Crippen LogP contribution in [-0.4, -0.2) is 28.8 Å². The molecular weight excluding hydrogens is 170 g/mol. The maximum absolute atomic E-state index is 10.5. The largest absolute Gasteiger partial charge is 0.480 e. The zero-order chi connectivity index (χ0) is 10.1. The van der Waals surface area contributed by atoms with Gasteiger partial charge < -0.3 is 15.6 Å². The van der Waals surface area contributed by atoms with Gasteiger partial charge in [-0.3, -0.25) is 4.79 Å². The highest BCUT2D eigenvalue weighted by atomic mass is 16.5. The zero-order valence-corrected chi connectivity index (χ0v) is 8.12. The van der Waals surface area contributed by atoms with Crippen molar-refractivity contribution in [3.63, 3.8) is 0 Å². The molecule has 0 aliphatic carbocycles. The molecule has 3 N–H and O–H groups in total. The molecule has 1 saturated heterocycles. The third kappa shape index (κ3) is 2.97. The maximum Gasteiger partial charge on any atom is 0.320 e. The first-order valence-corrected chi connectivity index (χ1v) is 4.57. The van der Waals surface area contributed by atoms with E-state index in [1.807, 2.05) is 13.8 Å². The first kappa shape index (κ1) is 10.5. The van der Waals surface area contributed by atoms with Crippen molar-refractivity contribution in [3.8, 4) is 0 Å². The summed E-state index contributed by atoms with van der Waals surface area (Å²) < 4.78 is 5.63. The van der Waals surface area contributed by atoms with Gasteiger partial charge in [-0.2, -0.15) is 0 Å². The van der Waals surface area contributed by atoms with Crippen LogP contribution < -0.4 is 5.73 Å². The van der Waals surface area contributed by atoms with E-state index >= 15 is 0 Å². The van der Waals surface area contributed by atoms with Crippen molar-refractivity contribution in [1.29, 1.82) is 0 Å². The van der Waals surface area contributed by atoms with Crippen molar-refractivity contribution in [2.45, 2.75) is 50.9 Å². The summed E-state index contributed by atoms with van der Waals surface area (Å²) in [6.07, 6.45) is 2.32. The molecule has 76 valence electrons. The van der Waals surface area contributed by atoms with Crippen molar-refractivity contribution in [1.82, 2.24) is 0 Å². The van der Waals surface area contributed by atoms with Gasteiger partial charge >= 0.3 is 5.97 Å². The minimum Gasteiger partial charge on any atom is -0.480 e. The van der Waals surface area contributed by atoms with E-state index in [2.05, 4.69) is 0 Å². The van der Waals surface area contributed by atoms with Gasteiger partial charge in [-0.15, -0.1) is 0 Å². The van der Waals surface area contributed by atoms with E-state index in [1.165, 1.54) is 0 Å². The summed E-state index contributed by atoms with van der Waals surface area (Å²) in [5.41, 5.74) is 5.30. The van der Waals surface area contributed by atoms with E-state index in [4.69, 9.17) is 15.6 Å². The molecule has 1 heterocycles. The van der Waals surface area contributed by atoms with Crippen LogP contribution in [0.4, 0.5) is 0 Å². The number of carboxylic acids is 1. The van der Waals surface area contributed by atoms with E-state index in [9.17, 15) is 4.79 Å². The number of hydrogen-bond acceptors (Lipinski definition) is 3. The number of carbonyl (C=O) groups is 1. The van der Waals surface area contributed by atoms with Gasteiger partial charge in [-0.05, 0) is 33.1 Å². The van der Waals surface area contributed by atoms with Crippen LogP contribution in [-0.2, 0) is 9.53 Å². The highest BCUT2D eigenvalue weighted by molar-refractivity contribution is 5.73. The second-order valence-corrected chi connectivity index (χ2v) is 4.22. The van der Waals surface area contributed by atoms with Crippen molar-refractivity contribution in [2.75, 3.05) is 0 Å². The highest BCUT2D eigenvalue weighted by Gasteiger charge is 2.33. The Bertz CT molecular complexity index is 203. The number of hydrogen-bond donors (Lipinski definition) is 2. The van der Waals surface area contributed by atoms with E-state index < -0.39 is 12.0 Å². The Balaban J connectivity index is 2.36. The van der Waals surface area contributed by atoms with E-state index in [1.54, 1.807) is 0 Å². The van der Waals surface area contributed by atoms with Gasteiger partial charge in [0.2, 0.25) is 0 Å². The predicted octanol–water partition coefficient (Wildman–Crippen LogP) is 0.746. The molecular formula is C9H17NO3. The molecule has 1 aliphatic heterocycles. The molecule has 0 bridgehead atoms. The van der Waals surface area contributed by atoms with Crippen LogP contribution in [0, 0.1) is 0 Å². The quantitative estimate of drug-likeness (QED) is 0.683. The number of aliphatic carboxylic acids is 1. The van der Waals surface area contributed by atoms with Gasteiger partial charge in [0.05, 0.1) is 11.7 Å². The van der Waals surface area contributed by atoms with Crippen LogP contribution in [0.15, 0.2) is 0 Å². The first-order chi connectivity index (χ1) is 5.91. The van der Waals surface area contributed by atoms with Gasteiger partial charge in [0.25, 0.3) is 0 Å². The SMILES string of the molecule is CC1(C)CCC(C[C@@H](N)C(=O)O)O1. The fraction of sp³-hybridized carbons (Fsp3) is 0.889. The zero-order valence-electron chi connectivity index (χ0n) is 8.12. The van der Waals surface area contributed by atoms with Crippen LogP contribution in [0.1, 0.15) is 33.1 Å². The molecule has 0 saturated carbocycles. The van der Waals surface area contributed by atoms with Crippen molar-refractivity contribution >= 4 is 5.97 Å².